The molecule has 9 rings (SSSR count). The first kappa shape index (κ1) is 35.3. The lowest BCUT2D eigenvalue weighted by Crippen LogP contribution is -2.42. The van der Waals surface area contributed by atoms with Crippen molar-refractivity contribution in [1.82, 2.24) is 0 Å². The molecule has 0 unspecified atom stereocenters. The van der Waals surface area contributed by atoms with Gasteiger partial charge in [-0.15, -0.1) is 0 Å². The smallest absolute Gasteiger partial charge is 0.266 e. The largest absolute Gasteiger partial charge is 0.457 e. The Morgan fingerprint density at radius 1 is 0.536 bits per heavy atom. The Morgan fingerprint density at radius 3 is 1.48 bits per heavy atom. The Balaban J connectivity index is 1.44. The quantitative estimate of drug-likeness (QED) is 0.0625. The number of aldehydes is 2. The molecule has 1 heterocycles. The summed E-state index contributed by atoms with van der Waals surface area (Å²) in [4.78, 5) is 54.9. The molecule has 2 amide bonds. The van der Waals surface area contributed by atoms with Gasteiger partial charge in [-0.3, -0.25) is 19.2 Å². The van der Waals surface area contributed by atoms with Crippen LogP contribution >= 0.6 is 15.9 Å². The maximum absolute atomic E-state index is 15.2. The third-order valence-electron chi connectivity index (χ3n) is 10.8. The van der Waals surface area contributed by atoms with E-state index in [9.17, 15) is 9.59 Å². The molecule has 8 aromatic rings. The number of para-hydroxylation sites is 1. The van der Waals surface area contributed by atoms with E-state index in [1.165, 1.54) is 4.90 Å². The molecule has 56 heavy (non-hydrogen) atoms. The average Bonchev–Trinajstić information content (AvgIpc) is 3.20. The molecule has 0 radical (unpaired) electrons. The van der Waals surface area contributed by atoms with Crippen molar-refractivity contribution in [3.8, 4) is 23.0 Å². The number of hydrogen-bond acceptors (Lipinski definition) is 6. The molecule has 274 valence electrons. The lowest BCUT2D eigenvalue weighted by molar-refractivity contribution is 0.0891. The van der Waals surface area contributed by atoms with E-state index < -0.39 is 11.8 Å². The first-order valence-electron chi connectivity index (χ1n) is 18.5. The minimum atomic E-state index is -0.450. The highest BCUT2D eigenvalue weighted by atomic mass is 79.9. The zero-order valence-corrected chi connectivity index (χ0v) is 32.6. The molecular weight excluding hydrogens is 766 g/mol. The molecule has 0 saturated carbocycles. The van der Waals surface area contributed by atoms with Gasteiger partial charge in [0, 0.05) is 37.1 Å². The number of rotatable bonds is 9. The van der Waals surface area contributed by atoms with E-state index >= 15 is 9.59 Å². The summed E-state index contributed by atoms with van der Waals surface area (Å²) < 4.78 is 14.4. The second-order valence-corrected chi connectivity index (χ2v) is 15.6. The van der Waals surface area contributed by atoms with Gasteiger partial charge in [-0.05, 0) is 111 Å². The van der Waals surface area contributed by atoms with Crippen LogP contribution in [0.4, 0.5) is 5.69 Å². The van der Waals surface area contributed by atoms with Crippen LogP contribution in [0.3, 0.4) is 0 Å². The Morgan fingerprint density at radius 2 is 1.00 bits per heavy atom. The number of carbonyl (C=O) groups excluding carboxylic acids is 4. The molecule has 8 aromatic carbocycles. The Kier molecular flexibility index (Phi) is 8.47. The van der Waals surface area contributed by atoms with Crippen LogP contribution in [0.1, 0.15) is 92.1 Å². The molecule has 0 saturated heterocycles. The molecule has 0 N–H and O–H groups in total. The van der Waals surface area contributed by atoms with Gasteiger partial charge < -0.3 is 9.47 Å². The van der Waals surface area contributed by atoms with Crippen LogP contribution in [0, 0.1) is 0 Å². The van der Waals surface area contributed by atoms with Crippen molar-refractivity contribution in [3.05, 3.63) is 147 Å². The molecule has 0 atom stereocenters. The van der Waals surface area contributed by atoms with E-state index in [1.54, 1.807) is 60.7 Å². The average molecular weight is 801 g/mol. The molecule has 1 aliphatic rings. The number of fused-ring (bicyclic) bond motifs is 2. The molecule has 1 aliphatic heterocycles. The van der Waals surface area contributed by atoms with Crippen LogP contribution in [-0.2, 0) is 0 Å². The predicted octanol–water partition coefficient (Wildman–Crippen LogP) is 12.8. The predicted molar refractivity (Wildman–Crippen MR) is 225 cm³/mol. The van der Waals surface area contributed by atoms with Gasteiger partial charge in [0.1, 0.15) is 35.6 Å². The van der Waals surface area contributed by atoms with Crippen molar-refractivity contribution >= 4 is 89.1 Å². The number of amides is 2. The number of ether oxygens (including phenoxy) is 2. The lowest BCUT2D eigenvalue weighted by atomic mass is 9.83. The van der Waals surface area contributed by atoms with Crippen LogP contribution in [0.15, 0.2) is 114 Å². The van der Waals surface area contributed by atoms with Crippen molar-refractivity contribution in [2.75, 3.05) is 4.90 Å². The summed E-state index contributed by atoms with van der Waals surface area (Å²) in [6.45, 7) is 8.23. The molecule has 0 spiro atoms. The standard InChI is InChI=1S/C48H34BrNO6/c1-25(2)31-7-5-8-32(26(3)4)46(31)50-47(53)36-21-39(55-29-15-11-27(23-51)12-16-29)43-34-10-6-9-33-38(49)20-19-35(41(33)34)44-40(22-37(48(50)54)42(36)45(43)44)56-30-17-13-28(24-52)14-18-30/h5-26H,1-4H3. The van der Waals surface area contributed by atoms with Gasteiger partial charge in [0.15, 0.2) is 0 Å². The van der Waals surface area contributed by atoms with E-state index in [1.807, 2.05) is 48.5 Å². The Bertz CT molecular complexity index is 2790. The molecule has 0 aliphatic carbocycles. The summed E-state index contributed by atoms with van der Waals surface area (Å²) in [5.74, 6) is 0.888. The van der Waals surface area contributed by atoms with Gasteiger partial charge in [-0.1, -0.05) is 86.1 Å². The fraction of sp³-hybridized carbons (Fsp3) is 0.125. The van der Waals surface area contributed by atoms with Crippen molar-refractivity contribution in [2.45, 2.75) is 39.5 Å². The van der Waals surface area contributed by atoms with Crippen molar-refractivity contribution in [1.29, 1.82) is 0 Å². The molecule has 0 aromatic heterocycles. The fourth-order valence-corrected chi connectivity index (χ4v) is 8.66. The van der Waals surface area contributed by atoms with Crippen LogP contribution < -0.4 is 14.4 Å². The second kappa shape index (κ2) is 13.4. The van der Waals surface area contributed by atoms with Crippen LogP contribution in [0.5, 0.6) is 23.0 Å². The minimum absolute atomic E-state index is 0.0128. The first-order chi connectivity index (χ1) is 27.1. The highest BCUT2D eigenvalue weighted by Crippen LogP contribution is 2.53. The monoisotopic (exact) mass is 799 g/mol. The summed E-state index contributed by atoms with van der Waals surface area (Å²) in [6, 6.07) is 33.1. The maximum atomic E-state index is 15.2. The number of imide groups is 1. The zero-order valence-electron chi connectivity index (χ0n) is 31.0. The summed E-state index contributed by atoms with van der Waals surface area (Å²) in [5, 5.41) is 6.23. The SMILES string of the molecule is CC(C)c1cccc(C(C)C)c1N1C(=O)c2cc(Oc3ccc(C=O)cc3)c3c4cccc5c(Br)ccc(c6c(Oc7ccc(C=O)cc7)cc(c2c36)C1=O)c54. The van der Waals surface area contributed by atoms with Crippen LogP contribution in [0.2, 0.25) is 0 Å². The summed E-state index contributed by atoms with van der Waals surface area (Å²) in [7, 11) is 0. The molecule has 0 bridgehead atoms. The number of nitrogens with zero attached hydrogens (tertiary/aromatic N) is 1. The van der Waals surface area contributed by atoms with Crippen molar-refractivity contribution < 1.29 is 28.7 Å². The van der Waals surface area contributed by atoms with Crippen molar-refractivity contribution in [2.24, 2.45) is 0 Å². The topological polar surface area (TPSA) is 90.0 Å². The van der Waals surface area contributed by atoms with Gasteiger partial charge in [0.05, 0.1) is 16.8 Å². The van der Waals surface area contributed by atoms with E-state index in [4.69, 9.17) is 9.47 Å². The molecular formula is C48H34BrNO6. The normalized spacial score (nSPS) is 12.9. The highest BCUT2D eigenvalue weighted by molar-refractivity contribution is 9.10. The zero-order chi connectivity index (χ0) is 39.0. The number of anilines is 1. The second-order valence-electron chi connectivity index (χ2n) is 14.8. The van der Waals surface area contributed by atoms with E-state index in [2.05, 4.69) is 43.6 Å². The Hall–Kier alpha value is -6.38. The highest BCUT2D eigenvalue weighted by Gasteiger charge is 2.40. The van der Waals surface area contributed by atoms with Crippen molar-refractivity contribution in [3.63, 3.8) is 0 Å². The van der Waals surface area contributed by atoms with Gasteiger partial charge in [-0.2, -0.15) is 0 Å². The summed E-state index contributed by atoms with van der Waals surface area (Å²) in [6.07, 6.45) is 1.55. The first-order valence-corrected chi connectivity index (χ1v) is 19.3. The maximum Gasteiger partial charge on any atom is 0.266 e. The van der Waals surface area contributed by atoms with Gasteiger partial charge in [0.2, 0.25) is 0 Å². The minimum Gasteiger partial charge on any atom is -0.457 e. The van der Waals surface area contributed by atoms with Gasteiger partial charge >= 0.3 is 0 Å². The Labute approximate surface area is 330 Å². The van der Waals surface area contributed by atoms with E-state index in [-0.39, 0.29) is 11.8 Å². The number of hydrogen-bond donors (Lipinski definition) is 0. The van der Waals surface area contributed by atoms with Gasteiger partial charge in [-0.25, -0.2) is 4.90 Å². The fourth-order valence-electron chi connectivity index (χ4n) is 8.20. The van der Waals surface area contributed by atoms with Crippen LogP contribution in [0.25, 0.3) is 43.1 Å². The lowest BCUT2D eigenvalue weighted by Gasteiger charge is -2.33. The number of halogens is 1. The number of carbonyl (C=O) groups is 4. The third-order valence-corrected chi connectivity index (χ3v) is 11.5. The van der Waals surface area contributed by atoms with E-state index in [0.29, 0.717) is 72.5 Å². The van der Waals surface area contributed by atoms with E-state index in [0.717, 1.165) is 49.7 Å². The summed E-state index contributed by atoms with van der Waals surface area (Å²) in [5.41, 5.74) is 4.00. The molecule has 8 heteroatoms. The summed E-state index contributed by atoms with van der Waals surface area (Å²) >= 11 is 3.77. The van der Waals surface area contributed by atoms with Crippen LogP contribution in [-0.4, -0.2) is 24.4 Å². The molecule has 7 nitrogen and oxygen atoms in total. The van der Waals surface area contributed by atoms with Gasteiger partial charge in [0.25, 0.3) is 11.8 Å². The third kappa shape index (κ3) is 5.39. The number of benzene rings is 8. The molecule has 0 fully saturated rings.